The van der Waals surface area contributed by atoms with E-state index in [4.69, 9.17) is 9.52 Å². The van der Waals surface area contributed by atoms with E-state index in [1.165, 1.54) is 0 Å². The number of piperazine rings is 1. The first kappa shape index (κ1) is 24.8. The smallest absolute Gasteiger partial charge is 0.236 e. The molecule has 0 aliphatic carbocycles. The average Bonchev–Trinajstić information content (AvgIpc) is 3.37. The molecule has 0 bridgehead atoms. The topological polar surface area (TPSA) is 90.1 Å². The van der Waals surface area contributed by atoms with Crippen LogP contribution in [-0.2, 0) is 16.8 Å². The van der Waals surface area contributed by atoms with Gasteiger partial charge in [0.05, 0.1) is 6.54 Å². The number of guanidine groups is 1. The average molecular weight is 533 g/mol. The van der Waals surface area contributed by atoms with Gasteiger partial charge >= 0.3 is 0 Å². The van der Waals surface area contributed by atoms with Crippen LogP contribution in [0, 0.1) is 0 Å². The molecule has 10 heteroatoms. The zero-order valence-corrected chi connectivity index (χ0v) is 21.0. The van der Waals surface area contributed by atoms with Crippen molar-refractivity contribution < 1.29 is 9.32 Å². The molecule has 0 radical (unpaired) electrons. The van der Waals surface area contributed by atoms with E-state index in [9.17, 15) is 4.79 Å². The first-order chi connectivity index (χ1) is 13.9. The molecule has 0 unspecified atom stereocenters. The monoisotopic (exact) mass is 533 g/mol. The van der Waals surface area contributed by atoms with Crippen molar-refractivity contribution in [1.29, 1.82) is 0 Å². The predicted molar refractivity (Wildman–Crippen MR) is 127 cm³/mol. The van der Waals surface area contributed by atoms with Gasteiger partial charge in [0.25, 0.3) is 0 Å². The maximum Gasteiger partial charge on any atom is 0.236 e. The molecule has 1 aromatic rings. The van der Waals surface area contributed by atoms with Crippen molar-refractivity contribution in [2.24, 2.45) is 4.99 Å². The van der Waals surface area contributed by atoms with Crippen LogP contribution >= 0.6 is 24.0 Å². The maximum absolute atomic E-state index is 12.4. The molecule has 0 atom stereocenters. The lowest BCUT2D eigenvalue weighted by atomic mass is 9.97. The number of aromatic nitrogens is 2. The Morgan fingerprint density at radius 3 is 2.33 bits per heavy atom. The van der Waals surface area contributed by atoms with Crippen molar-refractivity contribution in [3.63, 3.8) is 0 Å². The summed E-state index contributed by atoms with van der Waals surface area (Å²) in [6.07, 6.45) is 2.28. The van der Waals surface area contributed by atoms with Crippen LogP contribution in [0.3, 0.4) is 0 Å². The second-order valence-electron chi connectivity index (χ2n) is 8.79. The van der Waals surface area contributed by atoms with Crippen LogP contribution in [0.25, 0.3) is 0 Å². The van der Waals surface area contributed by atoms with Gasteiger partial charge in [0.2, 0.25) is 11.8 Å². The fourth-order valence-corrected chi connectivity index (χ4v) is 3.57. The minimum atomic E-state index is -0.164. The van der Waals surface area contributed by atoms with Gasteiger partial charge in [-0.05, 0) is 19.8 Å². The zero-order chi connectivity index (χ0) is 20.9. The van der Waals surface area contributed by atoms with Gasteiger partial charge in [0.15, 0.2) is 11.8 Å². The SMILES string of the molecule is CCNC(=NCc1noc(C(C)(C)C)n1)N1CCN(CC(=O)N2CCCC2)CC1.I. The first-order valence-electron chi connectivity index (χ1n) is 10.7. The Bertz CT molecular complexity index is 702. The van der Waals surface area contributed by atoms with E-state index in [0.717, 1.165) is 64.6 Å². The Balaban J connectivity index is 0.00000320. The van der Waals surface area contributed by atoms with Crippen LogP contribution in [0.15, 0.2) is 9.52 Å². The van der Waals surface area contributed by atoms with E-state index in [1.54, 1.807) is 0 Å². The van der Waals surface area contributed by atoms with Gasteiger partial charge in [-0.15, -0.1) is 24.0 Å². The Labute approximate surface area is 196 Å². The number of nitrogens with zero attached hydrogens (tertiary/aromatic N) is 6. The summed E-state index contributed by atoms with van der Waals surface area (Å²) < 4.78 is 5.35. The van der Waals surface area contributed by atoms with Gasteiger partial charge in [-0.25, -0.2) is 4.99 Å². The molecule has 170 valence electrons. The number of hydrogen-bond donors (Lipinski definition) is 1. The molecule has 1 aromatic heterocycles. The van der Waals surface area contributed by atoms with Gasteiger partial charge in [-0.1, -0.05) is 25.9 Å². The van der Waals surface area contributed by atoms with E-state index in [1.807, 2.05) is 25.7 Å². The molecule has 2 fully saturated rings. The van der Waals surface area contributed by atoms with E-state index in [2.05, 4.69) is 32.2 Å². The third-order valence-corrected chi connectivity index (χ3v) is 5.30. The standard InChI is InChI=1S/C20H35N7O2.HI/c1-5-21-19(22-14-16-23-18(29-24-16)20(2,3)4)27-12-10-25(11-13-27)15-17(28)26-8-6-7-9-26;/h5-15H2,1-4H3,(H,21,22);1H. The highest BCUT2D eigenvalue weighted by molar-refractivity contribution is 14.0. The van der Waals surface area contributed by atoms with E-state index in [-0.39, 0.29) is 35.3 Å². The van der Waals surface area contributed by atoms with Crippen LogP contribution in [-0.4, -0.2) is 89.1 Å². The number of likely N-dealkylation sites (tertiary alicyclic amines) is 1. The summed E-state index contributed by atoms with van der Waals surface area (Å²) in [7, 11) is 0. The molecule has 2 aliphatic heterocycles. The van der Waals surface area contributed by atoms with Crippen molar-refractivity contribution in [3.8, 4) is 0 Å². The molecule has 3 heterocycles. The summed E-state index contributed by atoms with van der Waals surface area (Å²) in [5, 5.41) is 7.41. The maximum atomic E-state index is 12.4. The highest BCUT2D eigenvalue weighted by Crippen LogP contribution is 2.19. The Morgan fingerprint density at radius 2 is 1.77 bits per heavy atom. The fraction of sp³-hybridized carbons (Fsp3) is 0.800. The van der Waals surface area contributed by atoms with Gasteiger partial charge in [0, 0.05) is 51.2 Å². The van der Waals surface area contributed by atoms with Gasteiger partial charge in [-0.3, -0.25) is 9.69 Å². The molecule has 0 spiro atoms. The number of rotatable bonds is 5. The number of carbonyl (C=O) groups excluding carboxylic acids is 1. The molecule has 1 amide bonds. The van der Waals surface area contributed by atoms with Gasteiger partial charge < -0.3 is 19.6 Å². The molecule has 2 saturated heterocycles. The van der Waals surface area contributed by atoms with Crippen molar-refractivity contribution in [2.75, 3.05) is 52.4 Å². The van der Waals surface area contributed by atoms with Crippen molar-refractivity contribution in [3.05, 3.63) is 11.7 Å². The summed E-state index contributed by atoms with van der Waals surface area (Å²) in [6, 6.07) is 0. The fourth-order valence-electron chi connectivity index (χ4n) is 3.57. The number of hydrogen-bond acceptors (Lipinski definition) is 6. The Kier molecular flexibility index (Phi) is 9.32. The third-order valence-electron chi connectivity index (χ3n) is 5.30. The lowest BCUT2D eigenvalue weighted by Crippen LogP contribution is -2.54. The molecule has 9 nitrogen and oxygen atoms in total. The quantitative estimate of drug-likeness (QED) is 0.350. The summed E-state index contributed by atoms with van der Waals surface area (Å²) in [5.41, 5.74) is -0.164. The lowest BCUT2D eigenvalue weighted by molar-refractivity contribution is -0.131. The van der Waals surface area contributed by atoms with Crippen molar-refractivity contribution in [1.82, 2.24) is 30.2 Å². The van der Waals surface area contributed by atoms with Crippen LogP contribution < -0.4 is 5.32 Å². The van der Waals surface area contributed by atoms with Crippen LogP contribution in [0.1, 0.15) is 52.3 Å². The van der Waals surface area contributed by atoms with E-state index in [0.29, 0.717) is 24.8 Å². The number of halogens is 1. The zero-order valence-electron chi connectivity index (χ0n) is 18.7. The Morgan fingerprint density at radius 1 is 1.10 bits per heavy atom. The first-order valence-corrected chi connectivity index (χ1v) is 10.7. The van der Waals surface area contributed by atoms with Gasteiger partial charge in [0.1, 0.15) is 6.54 Å². The van der Waals surface area contributed by atoms with Gasteiger partial charge in [-0.2, -0.15) is 4.98 Å². The van der Waals surface area contributed by atoms with Crippen molar-refractivity contribution >= 4 is 35.8 Å². The summed E-state index contributed by atoms with van der Waals surface area (Å²) in [4.78, 5) is 28.0. The lowest BCUT2D eigenvalue weighted by Gasteiger charge is -2.36. The molecule has 30 heavy (non-hydrogen) atoms. The normalized spacial score (nSPS) is 18.5. The highest BCUT2D eigenvalue weighted by Gasteiger charge is 2.25. The molecule has 2 aliphatic rings. The van der Waals surface area contributed by atoms with E-state index >= 15 is 0 Å². The number of aliphatic imine (C=N–C) groups is 1. The molecular weight excluding hydrogens is 497 g/mol. The molecule has 3 rings (SSSR count). The summed E-state index contributed by atoms with van der Waals surface area (Å²) in [5.74, 6) is 2.35. The third kappa shape index (κ3) is 6.79. The van der Waals surface area contributed by atoms with Crippen molar-refractivity contribution in [2.45, 2.75) is 52.5 Å². The summed E-state index contributed by atoms with van der Waals surface area (Å²) in [6.45, 7) is 15.2. The van der Waals surface area contributed by atoms with Crippen LogP contribution in [0.5, 0.6) is 0 Å². The number of nitrogens with one attached hydrogen (secondary N) is 1. The molecule has 0 saturated carbocycles. The number of amides is 1. The highest BCUT2D eigenvalue weighted by atomic mass is 127. The second-order valence-corrected chi connectivity index (χ2v) is 8.79. The second kappa shape index (κ2) is 11.3. The minimum absolute atomic E-state index is 0. The predicted octanol–water partition coefficient (Wildman–Crippen LogP) is 1.69. The van der Waals surface area contributed by atoms with E-state index < -0.39 is 0 Å². The molecule has 1 N–H and O–H groups in total. The Hall–Kier alpha value is -1.43. The number of carbonyl (C=O) groups is 1. The minimum Gasteiger partial charge on any atom is -0.357 e. The molecule has 0 aromatic carbocycles. The van der Waals surface area contributed by atoms with Crippen LogP contribution in [0.4, 0.5) is 0 Å². The molecular formula is C20H36IN7O2. The summed E-state index contributed by atoms with van der Waals surface area (Å²) >= 11 is 0. The largest absolute Gasteiger partial charge is 0.357 e. The van der Waals surface area contributed by atoms with Crippen LogP contribution in [0.2, 0.25) is 0 Å².